The molecule has 1 heterocycles. The van der Waals surface area contributed by atoms with Crippen molar-refractivity contribution < 1.29 is 9.90 Å². The molecule has 0 amide bonds. The summed E-state index contributed by atoms with van der Waals surface area (Å²) >= 11 is 1.52. The van der Waals surface area contributed by atoms with Crippen molar-refractivity contribution in [1.29, 1.82) is 5.26 Å². The normalized spacial score (nSPS) is 13.1. The Morgan fingerprint density at radius 3 is 2.50 bits per heavy atom. The highest BCUT2D eigenvalue weighted by Crippen LogP contribution is 2.31. The molecule has 0 radical (unpaired) electrons. The van der Waals surface area contributed by atoms with E-state index in [1.54, 1.807) is 24.3 Å². The van der Waals surface area contributed by atoms with Gasteiger partial charge in [0, 0.05) is 5.75 Å². The summed E-state index contributed by atoms with van der Waals surface area (Å²) in [5, 5.41) is 19.0. The Balaban J connectivity index is 1.85. The molecule has 122 valence electrons. The van der Waals surface area contributed by atoms with Crippen LogP contribution in [0, 0.1) is 11.3 Å². The van der Waals surface area contributed by atoms with E-state index in [9.17, 15) is 14.9 Å². The molecular weight excluding hydrogens is 324 g/mol. The zero-order valence-corrected chi connectivity index (χ0v) is 13.8. The summed E-state index contributed by atoms with van der Waals surface area (Å²) in [5.41, 5.74) is 3.16. The van der Waals surface area contributed by atoms with Gasteiger partial charge in [0.1, 0.15) is 11.6 Å². The Morgan fingerprint density at radius 2 is 1.88 bits per heavy atom. The number of thioether (sulfide) groups is 1. The largest absolute Gasteiger partial charge is 0.478 e. The van der Waals surface area contributed by atoms with Crippen LogP contribution < -0.4 is 5.56 Å². The van der Waals surface area contributed by atoms with Crippen molar-refractivity contribution in [2.45, 2.75) is 36.5 Å². The molecule has 3 rings (SSSR count). The number of hydrogen-bond acceptors (Lipinski definition) is 4. The zero-order chi connectivity index (χ0) is 17.1. The van der Waals surface area contributed by atoms with Gasteiger partial charge in [0.2, 0.25) is 0 Å². The fourth-order valence-corrected chi connectivity index (χ4v) is 4.02. The number of benzene rings is 1. The first-order valence-corrected chi connectivity index (χ1v) is 8.72. The summed E-state index contributed by atoms with van der Waals surface area (Å²) in [5.74, 6) is -0.312. The fourth-order valence-electron chi connectivity index (χ4n) is 2.95. The quantitative estimate of drug-likeness (QED) is 0.834. The van der Waals surface area contributed by atoms with Crippen LogP contribution in [0.25, 0.3) is 0 Å². The number of H-pyrrole nitrogens is 1. The Labute approximate surface area is 143 Å². The SMILES string of the molecule is N#Cc1c2c(c(SCc3ccc(C(=O)O)cc3)[nH]c1=O)CCCC2. The highest BCUT2D eigenvalue weighted by molar-refractivity contribution is 7.98. The predicted molar refractivity (Wildman–Crippen MR) is 91.4 cm³/mol. The van der Waals surface area contributed by atoms with Crippen molar-refractivity contribution >= 4 is 17.7 Å². The Morgan fingerprint density at radius 1 is 1.21 bits per heavy atom. The first-order valence-electron chi connectivity index (χ1n) is 7.73. The maximum atomic E-state index is 12.1. The van der Waals surface area contributed by atoms with E-state index >= 15 is 0 Å². The Bertz CT molecular complexity index is 879. The molecule has 0 aliphatic heterocycles. The lowest BCUT2D eigenvalue weighted by Crippen LogP contribution is -2.20. The van der Waals surface area contributed by atoms with Crippen molar-refractivity contribution in [2.24, 2.45) is 0 Å². The van der Waals surface area contributed by atoms with E-state index in [1.165, 1.54) is 11.8 Å². The molecule has 5 nitrogen and oxygen atoms in total. The number of nitriles is 1. The van der Waals surface area contributed by atoms with E-state index < -0.39 is 5.97 Å². The molecule has 1 aliphatic rings. The minimum atomic E-state index is -0.945. The van der Waals surface area contributed by atoms with Crippen LogP contribution >= 0.6 is 11.8 Å². The number of rotatable bonds is 4. The van der Waals surface area contributed by atoms with Gasteiger partial charge in [-0.2, -0.15) is 5.26 Å². The number of aromatic amines is 1. The second-order valence-corrected chi connectivity index (χ2v) is 6.71. The Kier molecular flexibility index (Phi) is 4.72. The van der Waals surface area contributed by atoms with Gasteiger partial charge in [-0.3, -0.25) is 4.79 Å². The summed E-state index contributed by atoms with van der Waals surface area (Å²) < 4.78 is 0. The number of carboxylic acids is 1. The monoisotopic (exact) mass is 340 g/mol. The van der Waals surface area contributed by atoms with E-state index in [1.807, 2.05) is 6.07 Å². The number of hydrogen-bond donors (Lipinski definition) is 2. The lowest BCUT2D eigenvalue weighted by molar-refractivity contribution is 0.0697. The lowest BCUT2D eigenvalue weighted by Gasteiger charge is -2.19. The van der Waals surface area contributed by atoms with E-state index in [4.69, 9.17) is 5.11 Å². The van der Waals surface area contributed by atoms with Crippen molar-refractivity contribution in [3.63, 3.8) is 0 Å². The summed E-state index contributed by atoms with van der Waals surface area (Å²) in [6, 6.07) is 8.75. The summed E-state index contributed by atoms with van der Waals surface area (Å²) in [6.45, 7) is 0. The van der Waals surface area contributed by atoms with E-state index in [0.717, 1.165) is 47.4 Å². The molecule has 0 fully saturated rings. The molecule has 0 saturated carbocycles. The van der Waals surface area contributed by atoms with Gasteiger partial charge in [-0.1, -0.05) is 12.1 Å². The van der Waals surface area contributed by atoms with Gasteiger partial charge in [-0.05, 0) is 54.5 Å². The number of aromatic nitrogens is 1. The molecule has 0 atom stereocenters. The third-order valence-corrected chi connectivity index (χ3v) is 5.31. The van der Waals surface area contributed by atoms with Gasteiger partial charge < -0.3 is 10.1 Å². The molecule has 0 spiro atoms. The second-order valence-electron chi connectivity index (χ2n) is 5.73. The smallest absolute Gasteiger partial charge is 0.335 e. The van der Waals surface area contributed by atoms with Crippen LogP contribution in [0.3, 0.4) is 0 Å². The van der Waals surface area contributed by atoms with Gasteiger partial charge in [0.25, 0.3) is 5.56 Å². The first-order chi connectivity index (χ1) is 11.6. The predicted octanol–water partition coefficient (Wildman–Crippen LogP) is 3.12. The third kappa shape index (κ3) is 3.22. The van der Waals surface area contributed by atoms with Crippen LogP contribution in [-0.2, 0) is 18.6 Å². The maximum Gasteiger partial charge on any atom is 0.335 e. The number of nitrogens with zero attached hydrogens (tertiary/aromatic N) is 1. The minimum absolute atomic E-state index is 0.250. The molecule has 1 aromatic heterocycles. The van der Waals surface area contributed by atoms with Crippen LogP contribution in [0.15, 0.2) is 34.1 Å². The molecule has 0 saturated heterocycles. The van der Waals surface area contributed by atoms with Crippen molar-refractivity contribution in [2.75, 3.05) is 0 Å². The van der Waals surface area contributed by atoms with E-state index in [2.05, 4.69) is 4.98 Å². The highest BCUT2D eigenvalue weighted by Gasteiger charge is 2.20. The molecule has 1 aromatic carbocycles. The highest BCUT2D eigenvalue weighted by atomic mass is 32.2. The standard InChI is InChI=1S/C18H16N2O3S/c19-9-15-13-3-1-2-4-14(13)17(20-16(15)21)24-10-11-5-7-12(8-6-11)18(22)23/h5-8H,1-4,10H2,(H,20,21)(H,22,23). The molecule has 0 bridgehead atoms. The minimum Gasteiger partial charge on any atom is -0.478 e. The molecule has 0 unspecified atom stereocenters. The summed E-state index contributed by atoms with van der Waals surface area (Å²) in [4.78, 5) is 25.8. The van der Waals surface area contributed by atoms with E-state index in [0.29, 0.717) is 5.75 Å². The first kappa shape index (κ1) is 16.3. The van der Waals surface area contributed by atoms with Crippen LogP contribution in [-0.4, -0.2) is 16.1 Å². The maximum absolute atomic E-state index is 12.1. The molecule has 2 aromatic rings. The fraction of sp³-hybridized carbons (Fsp3) is 0.278. The third-order valence-electron chi connectivity index (χ3n) is 4.19. The second kappa shape index (κ2) is 6.93. The average Bonchev–Trinajstić information content (AvgIpc) is 2.60. The Hall–Kier alpha value is -2.52. The number of nitrogens with one attached hydrogen (secondary N) is 1. The van der Waals surface area contributed by atoms with E-state index in [-0.39, 0.29) is 16.7 Å². The van der Waals surface area contributed by atoms with Crippen LogP contribution in [0.1, 0.15) is 45.5 Å². The average molecular weight is 340 g/mol. The van der Waals surface area contributed by atoms with Crippen molar-refractivity contribution in [1.82, 2.24) is 4.98 Å². The van der Waals surface area contributed by atoms with Gasteiger partial charge in [0.05, 0.1) is 10.6 Å². The molecule has 6 heteroatoms. The van der Waals surface area contributed by atoms with Crippen LogP contribution in [0.4, 0.5) is 0 Å². The number of carboxylic acid groups (broad SMARTS) is 1. The summed E-state index contributed by atoms with van der Waals surface area (Å²) in [7, 11) is 0. The van der Waals surface area contributed by atoms with Crippen LogP contribution in [0.5, 0.6) is 0 Å². The number of aromatic carboxylic acids is 1. The molecular formula is C18H16N2O3S. The lowest BCUT2D eigenvalue weighted by atomic mass is 9.90. The van der Waals surface area contributed by atoms with Crippen molar-refractivity contribution in [3.8, 4) is 6.07 Å². The number of fused-ring (bicyclic) bond motifs is 1. The van der Waals surface area contributed by atoms with Gasteiger partial charge >= 0.3 is 5.97 Å². The molecule has 1 aliphatic carbocycles. The molecule has 2 N–H and O–H groups in total. The topological polar surface area (TPSA) is 93.9 Å². The molecule has 24 heavy (non-hydrogen) atoms. The van der Waals surface area contributed by atoms with Gasteiger partial charge in [-0.25, -0.2) is 4.79 Å². The number of carbonyl (C=O) groups is 1. The zero-order valence-electron chi connectivity index (χ0n) is 13.0. The van der Waals surface area contributed by atoms with Crippen molar-refractivity contribution in [3.05, 3.63) is 62.4 Å². The summed E-state index contributed by atoms with van der Waals surface area (Å²) in [6.07, 6.45) is 3.72. The van der Waals surface area contributed by atoms with Gasteiger partial charge in [0.15, 0.2) is 0 Å². The van der Waals surface area contributed by atoms with Gasteiger partial charge in [-0.15, -0.1) is 11.8 Å². The number of pyridine rings is 1. The van der Waals surface area contributed by atoms with Crippen LogP contribution in [0.2, 0.25) is 0 Å².